The second-order valence-corrected chi connectivity index (χ2v) is 5.59. The first kappa shape index (κ1) is 17.6. The quantitative estimate of drug-likeness (QED) is 0.870. The number of piperidine rings is 1. The molecule has 1 fully saturated rings. The molecule has 0 aliphatic carbocycles. The van der Waals surface area contributed by atoms with Gasteiger partial charge in [0.15, 0.2) is 0 Å². The van der Waals surface area contributed by atoms with Crippen molar-refractivity contribution in [1.82, 2.24) is 5.32 Å². The lowest BCUT2D eigenvalue weighted by molar-refractivity contribution is -0.137. The maximum atomic E-state index is 12.9. The molecule has 0 spiro atoms. The molecule has 4 nitrogen and oxygen atoms in total. The van der Waals surface area contributed by atoms with Crippen LogP contribution in [0.1, 0.15) is 31.7 Å². The third kappa shape index (κ3) is 4.86. The summed E-state index contributed by atoms with van der Waals surface area (Å²) in [7, 11) is 0. The zero-order chi connectivity index (χ0) is 16.9. The number of amides is 1. The van der Waals surface area contributed by atoms with Crippen LogP contribution in [0.15, 0.2) is 18.2 Å². The number of benzene rings is 1. The number of hydrogen-bond donors (Lipinski definition) is 2. The Labute approximate surface area is 133 Å². The molecular formula is C16H21F3N2O2. The SMILES string of the molecule is CCCOc1ccc(C(F)(F)F)cc1NC(=O)C1CCCNC1. The van der Waals surface area contributed by atoms with Gasteiger partial charge in [-0.2, -0.15) is 13.2 Å². The lowest BCUT2D eigenvalue weighted by atomic mass is 9.98. The molecule has 1 saturated heterocycles. The molecule has 1 amide bonds. The molecular weight excluding hydrogens is 309 g/mol. The summed E-state index contributed by atoms with van der Waals surface area (Å²) in [6.45, 7) is 3.67. The third-order valence-electron chi connectivity index (χ3n) is 3.69. The summed E-state index contributed by atoms with van der Waals surface area (Å²) in [5, 5.41) is 5.71. The van der Waals surface area contributed by atoms with E-state index in [1.165, 1.54) is 6.07 Å². The molecule has 1 heterocycles. The van der Waals surface area contributed by atoms with Gasteiger partial charge >= 0.3 is 6.18 Å². The number of hydrogen-bond acceptors (Lipinski definition) is 3. The van der Waals surface area contributed by atoms with Gasteiger partial charge in [-0.25, -0.2) is 0 Å². The first-order valence-corrected chi connectivity index (χ1v) is 7.77. The third-order valence-corrected chi connectivity index (χ3v) is 3.69. The van der Waals surface area contributed by atoms with E-state index in [4.69, 9.17) is 4.74 Å². The van der Waals surface area contributed by atoms with E-state index in [-0.39, 0.29) is 23.3 Å². The fourth-order valence-corrected chi connectivity index (χ4v) is 2.45. The number of halogens is 3. The van der Waals surface area contributed by atoms with E-state index in [0.29, 0.717) is 13.2 Å². The first-order chi connectivity index (χ1) is 10.9. The first-order valence-electron chi connectivity index (χ1n) is 7.77. The average molecular weight is 330 g/mol. The lowest BCUT2D eigenvalue weighted by Gasteiger charge is -2.23. The highest BCUT2D eigenvalue weighted by Gasteiger charge is 2.32. The molecule has 1 aromatic rings. The van der Waals surface area contributed by atoms with Crippen molar-refractivity contribution >= 4 is 11.6 Å². The monoisotopic (exact) mass is 330 g/mol. The smallest absolute Gasteiger partial charge is 0.416 e. The summed E-state index contributed by atoms with van der Waals surface area (Å²) >= 11 is 0. The maximum Gasteiger partial charge on any atom is 0.416 e. The van der Waals surface area contributed by atoms with Gasteiger partial charge in [0.05, 0.1) is 23.8 Å². The Morgan fingerprint density at radius 3 is 2.83 bits per heavy atom. The van der Waals surface area contributed by atoms with Crippen LogP contribution >= 0.6 is 0 Å². The Hall–Kier alpha value is -1.76. The molecule has 1 unspecified atom stereocenters. The largest absolute Gasteiger partial charge is 0.491 e. The summed E-state index contributed by atoms with van der Waals surface area (Å²) in [5.74, 6) is -0.257. The van der Waals surface area contributed by atoms with Crippen LogP contribution in [0, 0.1) is 5.92 Å². The number of rotatable bonds is 5. The fourth-order valence-electron chi connectivity index (χ4n) is 2.45. The summed E-state index contributed by atoms with van der Waals surface area (Å²) in [6.07, 6.45) is -2.14. The predicted molar refractivity (Wildman–Crippen MR) is 81.5 cm³/mol. The van der Waals surface area contributed by atoms with Crippen LogP contribution < -0.4 is 15.4 Å². The topological polar surface area (TPSA) is 50.4 Å². The summed E-state index contributed by atoms with van der Waals surface area (Å²) < 4.78 is 44.1. The maximum absolute atomic E-state index is 12.9. The number of carbonyl (C=O) groups excluding carboxylic acids is 1. The standard InChI is InChI=1S/C16H21F3N2O2/c1-2-8-23-14-6-5-12(16(17,18)19)9-13(14)21-15(22)11-4-3-7-20-10-11/h5-6,9,11,20H,2-4,7-8,10H2,1H3,(H,21,22). The van der Waals surface area contributed by atoms with E-state index in [9.17, 15) is 18.0 Å². The highest BCUT2D eigenvalue weighted by atomic mass is 19.4. The second kappa shape index (κ2) is 7.68. The minimum Gasteiger partial charge on any atom is -0.491 e. The minimum absolute atomic E-state index is 0.0730. The van der Waals surface area contributed by atoms with E-state index >= 15 is 0 Å². The summed E-state index contributed by atoms with van der Waals surface area (Å²) in [6, 6.07) is 3.15. The van der Waals surface area contributed by atoms with Crippen LogP contribution in [0.4, 0.5) is 18.9 Å². The lowest BCUT2D eigenvalue weighted by Crippen LogP contribution is -2.37. The molecule has 1 aliphatic rings. The fraction of sp³-hybridized carbons (Fsp3) is 0.562. The van der Waals surface area contributed by atoms with Gasteiger partial charge in [0.1, 0.15) is 5.75 Å². The Balaban J connectivity index is 2.19. The highest BCUT2D eigenvalue weighted by Crippen LogP contribution is 2.35. The molecule has 0 aromatic heterocycles. The molecule has 0 radical (unpaired) electrons. The summed E-state index contributed by atoms with van der Waals surface area (Å²) in [5.41, 5.74) is -0.734. The molecule has 0 bridgehead atoms. The Morgan fingerprint density at radius 2 is 2.22 bits per heavy atom. The Morgan fingerprint density at radius 1 is 1.43 bits per heavy atom. The molecule has 1 atom stereocenters. The number of nitrogens with one attached hydrogen (secondary N) is 2. The van der Waals surface area contributed by atoms with Crippen LogP contribution in [-0.2, 0) is 11.0 Å². The van der Waals surface area contributed by atoms with Gasteiger partial charge < -0.3 is 15.4 Å². The van der Waals surface area contributed by atoms with E-state index in [1.807, 2.05) is 6.92 Å². The van der Waals surface area contributed by atoms with E-state index in [1.54, 1.807) is 0 Å². The minimum atomic E-state index is -4.46. The van der Waals surface area contributed by atoms with Crippen molar-refractivity contribution in [1.29, 1.82) is 0 Å². The van der Waals surface area contributed by atoms with E-state index < -0.39 is 11.7 Å². The molecule has 128 valence electrons. The number of ether oxygens (including phenoxy) is 1. The van der Waals surface area contributed by atoms with Crippen molar-refractivity contribution < 1.29 is 22.7 Å². The highest BCUT2D eigenvalue weighted by molar-refractivity contribution is 5.94. The normalized spacial score (nSPS) is 18.5. The summed E-state index contributed by atoms with van der Waals surface area (Å²) in [4.78, 5) is 12.3. The number of anilines is 1. The van der Waals surface area contributed by atoms with Gasteiger partial charge in [-0.15, -0.1) is 0 Å². The van der Waals surface area contributed by atoms with E-state index in [2.05, 4.69) is 10.6 Å². The molecule has 2 rings (SSSR count). The van der Waals surface area contributed by atoms with Gasteiger partial charge in [-0.1, -0.05) is 6.92 Å². The second-order valence-electron chi connectivity index (χ2n) is 5.59. The van der Waals surface area contributed by atoms with Crippen molar-refractivity contribution in [3.63, 3.8) is 0 Å². The molecule has 2 N–H and O–H groups in total. The molecule has 23 heavy (non-hydrogen) atoms. The van der Waals surface area contributed by atoms with Gasteiger partial charge in [0.2, 0.25) is 5.91 Å². The van der Waals surface area contributed by atoms with Crippen molar-refractivity contribution in [3.8, 4) is 5.75 Å². The Bertz CT molecular complexity index is 541. The van der Waals surface area contributed by atoms with E-state index in [0.717, 1.165) is 37.9 Å². The molecule has 1 aromatic carbocycles. The van der Waals surface area contributed by atoms with Crippen LogP contribution in [-0.4, -0.2) is 25.6 Å². The molecule has 7 heteroatoms. The zero-order valence-electron chi connectivity index (χ0n) is 13.0. The van der Waals surface area contributed by atoms with Gasteiger partial charge in [-0.3, -0.25) is 4.79 Å². The van der Waals surface area contributed by atoms with Crippen LogP contribution in [0.25, 0.3) is 0 Å². The van der Waals surface area contributed by atoms with Gasteiger partial charge in [0, 0.05) is 6.54 Å². The van der Waals surface area contributed by atoms with Crippen molar-refractivity contribution in [2.75, 3.05) is 25.0 Å². The molecule has 1 aliphatic heterocycles. The predicted octanol–water partition coefficient (Wildman–Crippen LogP) is 3.43. The number of alkyl halides is 3. The van der Waals surface area contributed by atoms with Crippen LogP contribution in [0.2, 0.25) is 0 Å². The Kier molecular flexibility index (Phi) is 5.87. The van der Waals surface area contributed by atoms with Gasteiger partial charge in [0.25, 0.3) is 0 Å². The zero-order valence-corrected chi connectivity index (χ0v) is 13.0. The van der Waals surface area contributed by atoms with Crippen molar-refractivity contribution in [2.45, 2.75) is 32.4 Å². The number of carbonyl (C=O) groups is 1. The van der Waals surface area contributed by atoms with Crippen LogP contribution in [0.5, 0.6) is 5.75 Å². The van der Waals surface area contributed by atoms with Crippen LogP contribution in [0.3, 0.4) is 0 Å². The van der Waals surface area contributed by atoms with Gasteiger partial charge in [-0.05, 0) is 44.0 Å². The average Bonchev–Trinajstić information content (AvgIpc) is 2.53. The van der Waals surface area contributed by atoms with Crippen molar-refractivity contribution in [3.05, 3.63) is 23.8 Å². The van der Waals surface area contributed by atoms with Crippen molar-refractivity contribution in [2.24, 2.45) is 5.92 Å². The molecule has 0 saturated carbocycles.